The molecule has 0 N–H and O–H groups in total. The number of aryl methyl sites for hydroxylation is 1. The van der Waals surface area contributed by atoms with Crippen molar-refractivity contribution in [3.05, 3.63) is 89.5 Å². The molecule has 4 aromatic rings. The smallest absolute Gasteiger partial charge is 0.339 e. The number of amides is 2. The second-order valence-corrected chi connectivity index (χ2v) is 11.7. The van der Waals surface area contributed by atoms with Gasteiger partial charge in [-0.15, -0.1) is 0 Å². The summed E-state index contributed by atoms with van der Waals surface area (Å²) < 4.78 is 10.7. The lowest BCUT2D eigenvalue weighted by Gasteiger charge is -2.19. The zero-order valence-electron chi connectivity index (χ0n) is 23.9. The summed E-state index contributed by atoms with van der Waals surface area (Å²) in [4.78, 5) is 58.9. The van der Waals surface area contributed by atoms with Gasteiger partial charge in [0, 0.05) is 16.5 Å². The molecule has 3 aliphatic rings. The quantitative estimate of drug-likeness (QED) is 0.156. The molecule has 2 saturated carbocycles. The number of hydrogen-bond donors (Lipinski definition) is 0. The number of aromatic nitrogens is 1. The van der Waals surface area contributed by atoms with Gasteiger partial charge in [-0.05, 0) is 73.9 Å². The Morgan fingerprint density at radius 3 is 2.30 bits per heavy atom. The van der Waals surface area contributed by atoms with Crippen LogP contribution in [0.3, 0.4) is 0 Å². The zero-order valence-corrected chi connectivity index (χ0v) is 23.9. The summed E-state index contributed by atoms with van der Waals surface area (Å²) in [5.74, 6) is -0.319. The van der Waals surface area contributed by atoms with Crippen molar-refractivity contribution >= 4 is 40.2 Å². The minimum absolute atomic E-state index is 0.0806. The van der Waals surface area contributed by atoms with E-state index >= 15 is 0 Å². The standard InChI is InChI=1S/C35H30N2O6/c1-19-5-3-8-26-27(35(41)43-18-29(38)21-6-4-7-25(16-21)42-2)17-28(36-32(19)26)20-11-13-24(14-12-20)37-33(39)30-22-9-10-23(15-22)31(30)34(37)40/h3-8,11-14,16-17,22-23,30-31H,9-10,15,18H2,1-2H3. The summed E-state index contributed by atoms with van der Waals surface area (Å²) in [6.07, 6.45) is 3.06. The number of hydrogen-bond acceptors (Lipinski definition) is 7. The van der Waals surface area contributed by atoms with Crippen LogP contribution in [0.1, 0.15) is 45.5 Å². The summed E-state index contributed by atoms with van der Waals surface area (Å²) >= 11 is 0. The van der Waals surface area contributed by atoms with E-state index in [0.29, 0.717) is 51.0 Å². The molecular weight excluding hydrogens is 544 g/mol. The third kappa shape index (κ3) is 4.49. The molecule has 2 heterocycles. The van der Waals surface area contributed by atoms with Gasteiger partial charge >= 0.3 is 5.97 Å². The van der Waals surface area contributed by atoms with Crippen molar-refractivity contribution in [3.8, 4) is 17.0 Å². The fraction of sp³-hybridized carbons (Fsp3) is 0.286. The molecule has 1 aliphatic heterocycles. The lowest BCUT2D eigenvalue weighted by molar-refractivity contribution is -0.123. The molecule has 3 aromatic carbocycles. The lowest BCUT2D eigenvalue weighted by atomic mass is 9.81. The third-order valence-electron chi connectivity index (χ3n) is 9.34. The summed E-state index contributed by atoms with van der Waals surface area (Å²) in [5, 5.41) is 0.619. The molecule has 2 amide bonds. The van der Waals surface area contributed by atoms with E-state index in [9.17, 15) is 19.2 Å². The molecule has 2 bridgehead atoms. The number of ketones is 1. The third-order valence-corrected chi connectivity index (χ3v) is 9.34. The van der Waals surface area contributed by atoms with Crippen molar-refractivity contribution in [1.82, 2.24) is 4.98 Å². The molecule has 4 atom stereocenters. The maximum absolute atomic E-state index is 13.4. The highest BCUT2D eigenvalue weighted by atomic mass is 16.5. The Kier molecular flexibility index (Phi) is 6.57. The van der Waals surface area contributed by atoms with Crippen LogP contribution in [0.15, 0.2) is 72.8 Å². The van der Waals surface area contributed by atoms with Crippen LogP contribution in [-0.2, 0) is 14.3 Å². The topological polar surface area (TPSA) is 103 Å². The molecule has 216 valence electrons. The van der Waals surface area contributed by atoms with Gasteiger partial charge in [-0.2, -0.15) is 0 Å². The minimum atomic E-state index is -0.637. The number of carbonyl (C=O) groups excluding carboxylic acids is 4. The number of Topliss-reactive ketones (excluding diaryl/α,β-unsaturated/α-hetero) is 1. The molecular formula is C35H30N2O6. The van der Waals surface area contributed by atoms with Crippen LogP contribution in [0.25, 0.3) is 22.2 Å². The first kappa shape index (κ1) is 27.0. The van der Waals surface area contributed by atoms with Crippen LogP contribution in [0, 0.1) is 30.6 Å². The van der Waals surface area contributed by atoms with Crippen molar-refractivity contribution < 1.29 is 28.7 Å². The van der Waals surface area contributed by atoms with Gasteiger partial charge in [0.05, 0.1) is 41.4 Å². The van der Waals surface area contributed by atoms with E-state index in [1.807, 2.05) is 31.2 Å². The number of esters is 1. The number of rotatable bonds is 7. The summed E-state index contributed by atoms with van der Waals surface area (Å²) in [5.41, 5.74) is 4.01. The normalized spacial score (nSPS) is 22.2. The van der Waals surface area contributed by atoms with Gasteiger partial charge in [-0.25, -0.2) is 9.78 Å². The molecule has 43 heavy (non-hydrogen) atoms. The van der Waals surface area contributed by atoms with Crippen LogP contribution < -0.4 is 9.64 Å². The van der Waals surface area contributed by atoms with Crippen LogP contribution in [-0.4, -0.2) is 42.3 Å². The van der Waals surface area contributed by atoms with Gasteiger partial charge in [0.15, 0.2) is 12.4 Å². The molecule has 7 rings (SSSR count). The average molecular weight is 575 g/mol. The SMILES string of the molecule is COc1cccc(C(=O)COC(=O)c2cc(-c3ccc(N4C(=O)C5C6CCC(C6)C5C4=O)cc3)nc3c(C)cccc23)c1. The number of ether oxygens (including phenoxy) is 2. The maximum Gasteiger partial charge on any atom is 0.339 e. The Labute approximate surface area is 248 Å². The monoisotopic (exact) mass is 574 g/mol. The highest BCUT2D eigenvalue weighted by Gasteiger charge is 2.61. The number of methoxy groups -OCH3 is 1. The van der Waals surface area contributed by atoms with E-state index in [0.717, 1.165) is 30.4 Å². The average Bonchev–Trinajstić information content (AvgIpc) is 3.73. The van der Waals surface area contributed by atoms with E-state index in [1.165, 1.54) is 12.0 Å². The molecule has 0 spiro atoms. The second-order valence-electron chi connectivity index (χ2n) is 11.7. The molecule has 0 radical (unpaired) electrons. The molecule has 3 fully saturated rings. The van der Waals surface area contributed by atoms with Crippen molar-refractivity contribution in [2.75, 3.05) is 18.6 Å². The highest BCUT2D eigenvalue weighted by molar-refractivity contribution is 6.22. The number of para-hydroxylation sites is 1. The lowest BCUT2D eigenvalue weighted by Crippen LogP contribution is -2.32. The first-order chi connectivity index (χ1) is 20.8. The Morgan fingerprint density at radius 1 is 0.907 bits per heavy atom. The number of anilines is 1. The first-order valence-electron chi connectivity index (χ1n) is 14.6. The van der Waals surface area contributed by atoms with E-state index < -0.39 is 12.6 Å². The van der Waals surface area contributed by atoms with E-state index in [-0.39, 0.29) is 29.4 Å². The summed E-state index contributed by atoms with van der Waals surface area (Å²) in [6, 6.07) is 21.1. The molecule has 2 aliphatic carbocycles. The highest BCUT2D eigenvalue weighted by Crippen LogP contribution is 2.56. The Morgan fingerprint density at radius 2 is 1.60 bits per heavy atom. The summed E-state index contributed by atoms with van der Waals surface area (Å²) in [7, 11) is 1.52. The number of fused-ring (bicyclic) bond motifs is 6. The Balaban J connectivity index is 1.16. The molecule has 4 unspecified atom stereocenters. The Bertz CT molecular complexity index is 1790. The fourth-order valence-electron chi connectivity index (χ4n) is 7.24. The van der Waals surface area contributed by atoms with Gasteiger partial charge in [-0.1, -0.05) is 42.5 Å². The van der Waals surface area contributed by atoms with Gasteiger partial charge in [0.1, 0.15) is 5.75 Å². The summed E-state index contributed by atoms with van der Waals surface area (Å²) in [6.45, 7) is 1.49. The zero-order chi connectivity index (χ0) is 29.8. The minimum Gasteiger partial charge on any atom is -0.497 e. The largest absolute Gasteiger partial charge is 0.497 e. The van der Waals surface area contributed by atoms with Crippen molar-refractivity contribution in [3.63, 3.8) is 0 Å². The number of nitrogens with zero attached hydrogens (tertiary/aromatic N) is 2. The molecule has 1 aromatic heterocycles. The molecule has 8 heteroatoms. The van der Waals surface area contributed by atoms with Crippen LogP contribution in [0.4, 0.5) is 5.69 Å². The second kappa shape index (κ2) is 10.5. The molecule has 8 nitrogen and oxygen atoms in total. The maximum atomic E-state index is 13.4. The van der Waals surface area contributed by atoms with Gasteiger partial charge < -0.3 is 9.47 Å². The number of benzene rings is 3. The first-order valence-corrected chi connectivity index (χ1v) is 14.6. The van der Waals surface area contributed by atoms with Crippen molar-refractivity contribution in [2.45, 2.75) is 26.2 Å². The van der Waals surface area contributed by atoms with Gasteiger partial charge in [0.25, 0.3) is 0 Å². The predicted molar refractivity (Wildman–Crippen MR) is 160 cm³/mol. The van der Waals surface area contributed by atoms with E-state index in [1.54, 1.807) is 48.5 Å². The van der Waals surface area contributed by atoms with E-state index in [2.05, 4.69) is 0 Å². The van der Waals surface area contributed by atoms with Crippen molar-refractivity contribution in [2.24, 2.45) is 23.7 Å². The molecule has 1 saturated heterocycles. The predicted octanol–water partition coefficient (Wildman–Crippen LogP) is 5.79. The van der Waals surface area contributed by atoms with Crippen LogP contribution in [0.5, 0.6) is 5.75 Å². The van der Waals surface area contributed by atoms with Crippen molar-refractivity contribution in [1.29, 1.82) is 0 Å². The van der Waals surface area contributed by atoms with Gasteiger partial charge in [0.2, 0.25) is 11.8 Å². The van der Waals surface area contributed by atoms with Crippen LogP contribution >= 0.6 is 0 Å². The fourth-order valence-corrected chi connectivity index (χ4v) is 7.24. The number of pyridine rings is 1. The van der Waals surface area contributed by atoms with Crippen LogP contribution in [0.2, 0.25) is 0 Å². The van der Waals surface area contributed by atoms with Gasteiger partial charge in [-0.3, -0.25) is 19.3 Å². The number of carbonyl (C=O) groups is 4. The Hall–Kier alpha value is -4.85. The number of imide groups is 1. The van der Waals surface area contributed by atoms with E-state index in [4.69, 9.17) is 14.5 Å².